The zero-order valence-electron chi connectivity index (χ0n) is 10.5. The largest absolute Gasteiger partial charge is 0.467 e. The molecule has 0 bridgehead atoms. The van der Waals surface area contributed by atoms with E-state index in [1.165, 1.54) is 4.90 Å². The number of H-pyrrole nitrogens is 1. The van der Waals surface area contributed by atoms with Crippen LogP contribution in [0.1, 0.15) is 35.5 Å². The van der Waals surface area contributed by atoms with Crippen LogP contribution in [-0.4, -0.2) is 33.0 Å². The fraction of sp³-hybridized carbons (Fsp3) is 0.417. The summed E-state index contributed by atoms with van der Waals surface area (Å²) < 4.78 is 5.19. The number of hydrogen-bond acceptors (Lipinski definition) is 4. The van der Waals surface area contributed by atoms with Crippen molar-refractivity contribution in [3.63, 3.8) is 0 Å². The highest BCUT2D eigenvalue weighted by molar-refractivity contribution is 5.90. The zero-order valence-corrected chi connectivity index (χ0v) is 10.5. The van der Waals surface area contributed by atoms with E-state index in [1.807, 2.05) is 13.0 Å². The van der Waals surface area contributed by atoms with Gasteiger partial charge in [0.1, 0.15) is 11.6 Å². The Morgan fingerprint density at radius 1 is 1.56 bits per heavy atom. The summed E-state index contributed by atoms with van der Waals surface area (Å²) in [5.74, 6) is 1.46. The molecule has 0 aliphatic heterocycles. The quantitative estimate of drug-likeness (QED) is 0.872. The molecule has 0 saturated carbocycles. The molecule has 0 aliphatic carbocycles. The standard InChI is InChI=1S/C12H16N4O2/c1-3-5-10-13-11(15-14-10)12(17)16(2)8-9-6-4-7-18-9/h4,6-7H,3,5,8H2,1-2H3,(H,13,14,15). The zero-order chi connectivity index (χ0) is 13.0. The lowest BCUT2D eigenvalue weighted by molar-refractivity contribution is 0.0763. The lowest BCUT2D eigenvalue weighted by Crippen LogP contribution is -2.27. The van der Waals surface area contributed by atoms with E-state index >= 15 is 0 Å². The molecule has 2 aromatic rings. The number of carbonyl (C=O) groups excluding carboxylic acids is 1. The number of aryl methyl sites for hydroxylation is 1. The highest BCUT2D eigenvalue weighted by Crippen LogP contribution is 2.06. The molecule has 0 aliphatic rings. The number of carbonyl (C=O) groups is 1. The average molecular weight is 248 g/mol. The number of furan rings is 1. The molecule has 6 nitrogen and oxygen atoms in total. The van der Waals surface area contributed by atoms with Crippen LogP contribution in [0.3, 0.4) is 0 Å². The molecule has 6 heteroatoms. The van der Waals surface area contributed by atoms with Crippen molar-refractivity contribution in [2.45, 2.75) is 26.3 Å². The van der Waals surface area contributed by atoms with Crippen LogP contribution in [0.4, 0.5) is 0 Å². The molecule has 0 aromatic carbocycles. The second-order valence-corrected chi connectivity index (χ2v) is 4.10. The molecule has 0 spiro atoms. The number of hydrogen-bond donors (Lipinski definition) is 1. The van der Waals surface area contributed by atoms with Crippen molar-refractivity contribution >= 4 is 5.91 Å². The Balaban J connectivity index is 2.01. The summed E-state index contributed by atoms with van der Waals surface area (Å²) in [7, 11) is 1.70. The SMILES string of the molecule is CCCc1nc(C(=O)N(C)Cc2ccco2)n[nH]1. The van der Waals surface area contributed by atoms with Crippen LogP contribution in [0, 0.1) is 0 Å². The van der Waals surface area contributed by atoms with E-state index < -0.39 is 0 Å². The number of aromatic amines is 1. The van der Waals surface area contributed by atoms with Crippen molar-refractivity contribution in [1.82, 2.24) is 20.1 Å². The van der Waals surface area contributed by atoms with E-state index in [0.29, 0.717) is 6.54 Å². The third kappa shape index (κ3) is 2.77. The molecule has 1 amide bonds. The smallest absolute Gasteiger partial charge is 0.293 e. The van der Waals surface area contributed by atoms with Gasteiger partial charge in [0.05, 0.1) is 12.8 Å². The average Bonchev–Trinajstić information content (AvgIpc) is 3.00. The predicted molar refractivity (Wildman–Crippen MR) is 64.9 cm³/mol. The van der Waals surface area contributed by atoms with Crippen molar-refractivity contribution in [3.8, 4) is 0 Å². The van der Waals surface area contributed by atoms with Crippen molar-refractivity contribution < 1.29 is 9.21 Å². The van der Waals surface area contributed by atoms with Gasteiger partial charge in [0.25, 0.3) is 5.91 Å². The van der Waals surface area contributed by atoms with Gasteiger partial charge in [-0.3, -0.25) is 9.89 Å². The predicted octanol–water partition coefficient (Wildman–Crippen LogP) is 1.62. The van der Waals surface area contributed by atoms with E-state index in [0.717, 1.165) is 24.4 Å². The summed E-state index contributed by atoms with van der Waals surface area (Å²) in [6.07, 6.45) is 3.34. The maximum atomic E-state index is 12.0. The van der Waals surface area contributed by atoms with Crippen LogP contribution in [0.25, 0.3) is 0 Å². The van der Waals surface area contributed by atoms with E-state index in [-0.39, 0.29) is 11.7 Å². The minimum atomic E-state index is -0.218. The van der Waals surface area contributed by atoms with Crippen molar-refractivity contribution in [1.29, 1.82) is 0 Å². The summed E-state index contributed by atoms with van der Waals surface area (Å²) in [6, 6.07) is 3.62. The third-order valence-electron chi connectivity index (χ3n) is 2.53. The Morgan fingerprint density at radius 3 is 3.06 bits per heavy atom. The van der Waals surface area contributed by atoms with Gasteiger partial charge >= 0.3 is 0 Å². The van der Waals surface area contributed by atoms with E-state index in [1.54, 1.807) is 19.4 Å². The molecule has 2 aromatic heterocycles. The topological polar surface area (TPSA) is 75.0 Å². The Hall–Kier alpha value is -2.11. The van der Waals surface area contributed by atoms with Crippen LogP contribution in [0.2, 0.25) is 0 Å². The first-order chi connectivity index (χ1) is 8.70. The summed E-state index contributed by atoms with van der Waals surface area (Å²) in [4.78, 5) is 17.7. The fourth-order valence-electron chi connectivity index (χ4n) is 1.62. The molecule has 2 heterocycles. The van der Waals surface area contributed by atoms with Crippen LogP contribution in [0.5, 0.6) is 0 Å². The van der Waals surface area contributed by atoms with Gasteiger partial charge in [-0.05, 0) is 18.6 Å². The number of rotatable bonds is 5. The summed E-state index contributed by atoms with van der Waals surface area (Å²) >= 11 is 0. The van der Waals surface area contributed by atoms with Gasteiger partial charge in [0.15, 0.2) is 0 Å². The minimum absolute atomic E-state index is 0.201. The van der Waals surface area contributed by atoms with Gasteiger partial charge in [0, 0.05) is 13.5 Å². The lowest BCUT2D eigenvalue weighted by Gasteiger charge is -2.12. The molecular weight excluding hydrogens is 232 g/mol. The molecule has 0 fully saturated rings. The van der Waals surface area contributed by atoms with Gasteiger partial charge < -0.3 is 9.32 Å². The first-order valence-corrected chi connectivity index (χ1v) is 5.89. The van der Waals surface area contributed by atoms with E-state index in [4.69, 9.17) is 4.42 Å². The highest BCUT2D eigenvalue weighted by atomic mass is 16.3. The number of nitrogens with zero attached hydrogens (tertiary/aromatic N) is 3. The molecule has 96 valence electrons. The molecule has 0 saturated heterocycles. The van der Waals surface area contributed by atoms with Crippen molar-refractivity contribution in [2.75, 3.05) is 7.05 Å². The molecule has 2 rings (SSSR count). The molecule has 0 radical (unpaired) electrons. The Bertz CT molecular complexity index is 504. The molecule has 18 heavy (non-hydrogen) atoms. The van der Waals surface area contributed by atoms with Gasteiger partial charge in [0.2, 0.25) is 5.82 Å². The van der Waals surface area contributed by atoms with Crippen LogP contribution in [0.15, 0.2) is 22.8 Å². The molecular formula is C12H16N4O2. The Morgan fingerprint density at radius 2 is 2.39 bits per heavy atom. The Kier molecular flexibility index (Phi) is 3.76. The fourth-order valence-corrected chi connectivity index (χ4v) is 1.62. The first kappa shape index (κ1) is 12.3. The number of nitrogens with one attached hydrogen (secondary N) is 1. The third-order valence-corrected chi connectivity index (χ3v) is 2.53. The lowest BCUT2D eigenvalue weighted by atomic mass is 10.3. The number of aromatic nitrogens is 3. The summed E-state index contributed by atoms with van der Waals surface area (Å²) in [6.45, 7) is 2.45. The van der Waals surface area contributed by atoms with Crippen molar-refractivity contribution in [3.05, 3.63) is 35.8 Å². The number of amides is 1. The van der Waals surface area contributed by atoms with E-state index in [2.05, 4.69) is 15.2 Å². The minimum Gasteiger partial charge on any atom is -0.467 e. The second-order valence-electron chi connectivity index (χ2n) is 4.10. The second kappa shape index (κ2) is 5.48. The van der Waals surface area contributed by atoms with Crippen molar-refractivity contribution in [2.24, 2.45) is 0 Å². The normalized spacial score (nSPS) is 10.6. The highest BCUT2D eigenvalue weighted by Gasteiger charge is 2.17. The Labute approximate surface area is 105 Å². The van der Waals surface area contributed by atoms with Gasteiger partial charge in [-0.15, -0.1) is 5.10 Å². The van der Waals surface area contributed by atoms with Gasteiger partial charge in [-0.1, -0.05) is 6.92 Å². The molecule has 0 atom stereocenters. The summed E-state index contributed by atoms with van der Waals surface area (Å²) in [5, 5.41) is 6.70. The monoisotopic (exact) mass is 248 g/mol. The van der Waals surface area contributed by atoms with Gasteiger partial charge in [-0.2, -0.15) is 0 Å². The molecule has 1 N–H and O–H groups in total. The van der Waals surface area contributed by atoms with Crippen LogP contribution in [-0.2, 0) is 13.0 Å². The van der Waals surface area contributed by atoms with Gasteiger partial charge in [-0.25, -0.2) is 4.98 Å². The van der Waals surface area contributed by atoms with E-state index in [9.17, 15) is 4.79 Å². The maximum absolute atomic E-state index is 12.0. The van der Waals surface area contributed by atoms with Crippen LogP contribution < -0.4 is 0 Å². The van der Waals surface area contributed by atoms with Crippen LogP contribution >= 0.6 is 0 Å². The maximum Gasteiger partial charge on any atom is 0.293 e. The molecule has 0 unspecified atom stereocenters. The summed E-state index contributed by atoms with van der Waals surface area (Å²) in [5.41, 5.74) is 0. The first-order valence-electron chi connectivity index (χ1n) is 5.89.